The van der Waals surface area contributed by atoms with Crippen LogP contribution in [-0.4, -0.2) is 20.2 Å². The number of nitrogens with one attached hydrogen (secondary N) is 2. The van der Waals surface area contributed by atoms with Gasteiger partial charge in [-0.3, -0.25) is 15.1 Å². The number of para-hydroxylation sites is 1. The fraction of sp³-hybridized carbons (Fsp3) is 0.0833. The Morgan fingerprint density at radius 3 is 3.06 bits per heavy atom. The molecule has 0 radical (unpaired) electrons. The number of aromatic nitrogens is 4. The van der Waals surface area contributed by atoms with Crippen LogP contribution in [0.1, 0.15) is 5.69 Å². The Morgan fingerprint density at radius 1 is 1.18 bits per heavy atom. The number of benzene rings is 1. The summed E-state index contributed by atoms with van der Waals surface area (Å²) in [5.74, 6) is 0. The maximum absolute atomic E-state index is 4.21. The number of nitrogens with zero attached hydrogens (tertiary/aromatic N) is 3. The van der Waals surface area contributed by atoms with Crippen molar-refractivity contribution in [1.82, 2.24) is 20.2 Å². The predicted octanol–water partition coefficient (Wildman–Crippen LogP) is 1.96. The highest BCUT2D eigenvalue weighted by Gasteiger charge is 2.02. The van der Waals surface area contributed by atoms with Crippen LogP contribution in [0.3, 0.4) is 0 Å². The lowest BCUT2D eigenvalue weighted by Crippen LogP contribution is -2.02. The highest BCUT2D eigenvalue weighted by molar-refractivity contribution is 5.89. The summed E-state index contributed by atoms with van der Waals surface area (Å²) in [6, 6.07) is 6.03. The lowest BCUT2D eigenvalue weighted by Gasteiger charge is -2.06. The summed E-state index contributed by atoms with van der Waals surface area (Å²) in [5.41, 5.74) is 2.94. The molecule has 0 aliphatic carbocycles. The lowest BCUT2D eigenvalue weighted by atomic mass is 10.2. The molecule has 2 aromatic heterocycles. The molecule has 3 rings (SSSR count). The number of fused-ring (bicyclic) bond motifs is 1. The minimum Gasteiger partial charge on any atom is -0.378 e. The molecule has 0 saturated carbocycles. The van der Waals surface area contributed by atoms with Crippen LogP contribution in [-0.2, 0) is 6.54 Å². The van der Waals surface area contributed by atoms with Gasteiger partial charge >= 0.3 is 0 Å². The largest absolute Gasteiger partial charge is 0.378 e. The van der Waals surface area contributed by atoms with E-state index >= 15 is 0 Å². The molecule has 0 saturated heterocycles. The first-order valence-electron chi connectivity index (χ1n) is 5.34. The van der Waals surface area contributed by atoms with Gasteiger partial charge in [0.2, 0.25) is 0 Å². The van der Waals surface area contributed by atoms with Gasteiger partial charge in [-0.25, -0.2) is 0 Å². The van der Waals surface area contributed by atoms with E-state index in [0.29, 0.717) is 6.54 Å². The van der Waals surface area contributed by atoms with Gasteiger partial charge in [-0.15, -0.1) is 0 Å². The van der Waals surface area contributed by atoms with Crippen molar-refractivity contribution >= 4 is 16.6 Å². The van der Waals surface area contributed by atoms with Crippen molar-refractivity contribution < 1.29 is 0 Å². The average molecular weight is 225 g/mol. The minimum absolute atomic E-state index is 0.645. The van der Waals surface area contributed by atoms with Gasteiger partial charge in [0.25, 0.3) is 0 Å². The molecule has 0 aliphatic rings. The van der Waals surface area contributed by atoms with E-state index in [4.69, 9.17) is 0 Å². The third-order valence-electron chi connectivity index (χ3n) is 2.55. The van der Waals surface area contributed by atoms with Crippen molar-refractivity contribution in [2.24, 2.45) is 0 Å². The molecular weight excluding hydrogens is 214 g/mol. The maximum Gasteiger partial charge on any atom is 0.0881 e. The van der Waals surface area contributed by atoms with Crippen LogP contribution in [0.5, 0.6) is 0 Å². The number of anilines is 1. The molecule has 0 fully saturated rings. The summed E-state index contributed by atoms with van der Waals surface area (Å²) in [4.78, 5) is 8.24. The number of hydrogen-bond donors (Lipinski definition) is 2. The fourth-order valence-corrected chi connectivity index (χ4v) is 1.72. The van der Waals surface area contributed by atoms with Gasteiger partial charge in [-0.05, 0) is 6.07 Å². The molecule has 17 heavy (non-hydrogen) atoms. The first-order valence-corrected chi connectivity index (χ1v) is 5.34. The van der Waals surface area contributed by atoms with Gasteiger partial charge < -0.3 is 5.32 Å². The number of H-pyrrole nitrogens is 1. The minimum atomic E-state index is 0.645. The molecule has 5 heteroatoms. The normalized spacial score (nSPS) is 10.6. The van der Waals surface area contributed by atoms with Gasteiger partial charge in [0.05, 0.1) is 35.8 Å². The second kappa shape index (κ2) is 4.21. The summed E-state index contributed by atoms with van der Waals surface area (Å²) in [6.07, 6.45) is 6.91. The molecule has 0 unspecified atom stereocenters. The molecule has 2 N–H and O–H groups in total. The summed E-state index contributed by atoms with van der Waals surface area (Å²) in [5, 5.41) is 11.4. The average Bonchev–Trinajstić information content (AvgIpc) is 2.86. The smallest absolute Gasteiger partial charge is 0.0881 e. The number of rotatable bonds is 3. The van der Waals surface area contributed by atoms with Crippen LogP contribution in [0.4, 0.5) is 5.69 Å². The Balaban J connectivity index is 1.84. The van der Waals surface area contributed by atoms with Crippen molar-refractivity contribution in [3.8, 4) is 0 Å². The molecule has 0 aliphatic heterocycles. The van der Waals surface area contributed by atoms with Crippen LogP contribution in [0.15, 0.2) is 43.0 Å². The molecule has 0 spiro atoms. The monoisotopic (exact) mass is 225 g/mol. The Hall–Kier alpha value is -2.43. The van der Waals surface area contributed by atoms with Crippen LogP contribution in [0, 0.1) is 0 Å². The van der Waals surface area contributed by atoms with Crippen LogP contribution < -0.4 is 5.32 Å². The summed E-state index contributed by atoms with van der Waals surface area (Å²) < 4.78 is 0. The first kappa shape index (κ1) is 9.77. The molecule has 3 aromatic rings. The zero-order valence-electron chi connectivity index (χ0n) is 9.09. The zero-order chi connectivity index (χ0) is 11.5. The topological polar surface area (TPSA) is 66.5 Å². The van der Waals surface area contributed by atoms with Crippen molar-refractivity contribution in [2.45, 2.75) is 6.54 Å². The van der Waals surface area contributed by atoms with Gasteiger partial charge in [-0.1, -0.05) is 12.1 Å². The molecule has 0 bridgehead atoms. The number of aromatic amines is 1. The second-order valence-corrected chi connectivity index (χ2v) is 3.69. The van der Waals surface area contributed by atoms with E-state index in [2.05, 4.69) is 25.5 Å². The Morgan fingerprint density at radius 2 is 2.18 bits per heavy atom. The third-order valence-corrected chi connectivity index (χ3v) is 2.55. The molecule has 0 atom stereocenters. The lowest BCUT2D eigenvalue weighted by molar-refractivity contribution is 1.01. The van der Waals surface area contributed by atoms with E-state index in [1.807, 2.05) is 24.4 Å². The van der Waals surface area contributed by atoms with E-state index in [0.717, 1.165) is 22.3 Å². The van der Waals surface area contributed by atoms with Gasteiger partial charge in [0.15, 0.2) is 0 Å². The van der Waals surface area contributed by atoms with Gasteiger partial charge in [0, 0.05) is 17.8 Å². The van der Waals surface area contributed by atoms with Crippen LogP contribution in [0.2, 0.25) is 0 Å². The molecule has 2 heterocycles. The van der Waals surface area contributed by atoms with Crippen molar-refractivity contribution in [3.05, 3.63) is 48.7 Å². The standard InChI is InChI=1S/C12H11N5/c1-2-9-6-16-17-12(9)11(3-1)15-8-10-7-13-4-5-14-10/h1-7,15H,8H2,(H,16,17). The van der Waals surface area contributed by atoms with E-state index in [1.165, 1.54) is 0 Å². The predicted molar refractivity (Wildman–Crippen MR) is 65.5 cm³/mol. The highest BCUT2D eigenvalue weighted by Crippen LogP contribution is 2.20. The van der Waals surface area contributed by atoms with E-state index in [9.17, 15) is 0 Å². The number of hydrogen-bond acceptors (Lipinski definition) is 4. The van der Waals surface area contributed by atoms with Crippen molar-refractivity contribution in [3.63, 3.8) is 0 Å². The third kappa shape index (κ3) is 1.94. The van der Waals surface area contributed by atoms with Crippen molar-refractivity contribution in [1.29, 1.82) is 0 Å². The molecular formula is C12H11N5. The molecule has 84 valence electrons. The van der Waals surface area contributed by atoms with Gasteiger partial charge in [0.1, 0.15) is 0 Å². The fourth-order valence-electron chi connectivity index (χ4n) is 1.72. The molecule has 0 amide bonds. The summed E-state index contributed by atoms with van der Waals surface area (Å²) in [7, 11) is 0. The van der Waals surface area contributed by atoms with E-state index in [1.54, 1.807) is 18.6 Å². The SMILES string of the molecule is c1cc(NCc2cnccn2)c2[nH]ncc2c1. The first-order chi connectivity index (χ1) is 8.43. The Kier molecular flexibility index (Phi) is 2.42. The maximum atomic E-state index is 4.21. The van der Waals surface area contributed by atoms with Crippen molar-refractivity contribution in [2.75, 3.05) is 5.32 Å². The Bertz CT molecular complexity index is 617. The molecule has 1 aromatic carbocycles. The van der Waals surface area contributed by atoms with Crippen LogP contribution in [0.25, 0.3) is 10.9 Å². The second-order valence-electron chi connectivity index (χ2n) is 3.69. The highest BCUT2D eigenvalue weighted by atomic mass is 15.1. The van der Waals surface area contributed by atoms with Gasteiger partial charge in [-0.2, -0.15) is 5.10 Å². The van der Waals surface area contributed by atoms with E-state index in [-0.39, 0.29) is 0 Å². The Labute approximate surface area is 97.9 Å². The summed E-state index contributed by atoms with van der Waals surface area (Å²) >= 11 is 0. The summed E-state index contributed by atoms with van der Waals surface area (Å²) in [6.45, 7) is 0.645. The molecule has 5 nitrogen and oxygen atoms in total. The van der Waals surface area contributed by atoms with Crippen LogP contribution >= 0.6 is 0 Å². The zero-order valence-corrected chi connectivity index (χ0v) is 9.09. The quantitative estimate of drug-likeness (QED) is 0.715. The van der Waals surface area contributed by atoms with E-state index < -0.39 is 0 Å².